The van der Waals surface area contributed by atoms with E-state index < -0.39 is 5.41 Å². The van der Waals surface area contributed by atoms with Crippen molar-refractivity contribution in [2.75, 3.05) is 0 Å². The van der Waals surface area contributed by atoms with Gasteiger partial charge in [-0.3, -0.25) is 14.9 Å². The smallest absolute Gasteiger partial charge is 0.237 e. The molecule has 1 aliphatic carbocycles. The Labute approximate surface area is 123 Å². The lowest BCUT2D eigenvalue weighted by molar-refractivity contribution is -0.126. The number of nitrogens with one attached hydrogen (secondary N) is 1. The van der Waals surface area contributed by atoms with Crippen LogP contribution in [0.5, 0.6) is 0 Å². The van der Waals surface area contributed by atoms with E-state index in [0.29, 0.717) is 6.42 Å². The summed E-state index contributed by atoms with van der Waals surface area (Å²) >= 11 is 0. The number of carbonyl (C=O) groups is 2. The van der Waals surface area contributed by atoms with Crippen LogP contribution in [0.25, 0.3) is 0 Å². The van der Waals surface area contributed by atoms with Crippen LogP contribution in [0.15, 0.2) is 54.6 Å². The van der Waals surface area contributed by atoms with Gasteiger partial charge in [0.2, 0.25) is 11.8 Å². The highest BCUT2D eigenvalue weighted by atomic mass is 16.2. The minimum Gasteiger partial charge on any atom is -0.296 e. The quantitative estimate of drug-likeness (QED) is 0.814. The van der Waals surface area contributed by atoms with E-state index in [1.165, 1.54) is 11.1 Å². The summed E-state index contributed by atoms with van der Waals surface area (Å²) in [6, 6.07) is 18.2. The van der Waals surface area contributed by atoms with Gasteiger partial charge in [0.05, 0.1) is 5.41 Å². The van der Waals surface area contributed by atoms with Crippen molar-refractivity contribution in [2.24, 2.45) is 0 Å². The summed E-state index contributed by atoms with van der Waals surface area (Å²) in [6.45, 7) is 0. The predicted octanol–water partition coefficient (Wildman–Crippen LogP) is 2.51. The van der Waals surface area contributed by atoms with E-state index in [9.17, 15) is 9.59 Å². The third-order valence-electron chi connectivity index (χ3n) is 4.76. The van der Waals surface area contributed by atoms with Crippen molar-refractivity contribution in [1.29, 1.82) is 0 Å². The largest absolute Gasteiger partial charge is 0.296 e. The molecular weight excluding hydrogens is 262 g/mol. The van der Waals surface area contributed by atoms with Crippen LogP contribution in [0.3, 0.4) is 0 Å². The van der Waals surface area contributed by atoms with Crippen LogP contribution in [0, 0.1) is 0 Å². The molecule has 0 unspecified atom stereocenters. The maximum absolute atomic E-state index is 12.4. The Morgan fingerprint density at radius 3 is 2.38 bits per heavy atom. The van der Waals surface area contributed by atoms with E-state index in [4.69, 9.17) is 0 Å². The molecule has 1 saturated heterocycles. The molecule has 104 valence electrons. The van der Waals surface area contributed by atoms with Crippen LogP contribution >= 0.6 is 0 Å². The van der Waals surface area contributed by atoms with Gasteiger partial charge in [-0.15, -0.1) is 0 Å². The average molecular weight is 277 g/mol. The van der Waals surface area contributed by atoms with E-state index in [2.05, 4.69) is 23.5 Å². The lowest BCUT2D eigenvalue weighted by Gasteiger charge is -2.20. The first-order valence-corrected chi connectivity index (χ1v) is 7.19. The number of amides is 2. The van der Waals surface area contributed by atoms with Gasteiger partial charge < -0.3 is 0 Å². The molecule has 2 atom stereocenters. The van der Waals surface area contributed by atoms with Gasteiger partial charge in [-0.25, -0.2) is 0 Å². The van der Waals surface area contributed by atoms with Crippen LogP contribution < -0.4 is 5.32 Å². The standard InChI is InChI=1S/C18H15NO2/c20-16-11-18(17(21)19-16)10-14(12-6-2-1-3-7-12)13-8-4-5-9-15(13)18/h1-9,14H,10-11H2,(H,19,20,21)/t14-,18+/m0/s1. The van der Waals surface area contributed by atoms with Gasteiger partial charge in [0.25, 0.3) is 0 Å². The highest BCUT2D eigenvalue weighted by molar-refractivity contribution is 6.09. The van der Waals surface area contributed by atoms with E-state index in [1.54, 1.807) is 0 Å². The lowest BCUT2D eigenvalue weighted by Crippen LogP contribution is -2.33. The number of rotatable bonds is 1. The van der Waals surface area contributed by atoms with Crippen molar-refractivity contribution in [3.8, 4) is 0 Å². The zero-order valence-electron chi connectivity index (χ0n) is 11.5. The van der Waals surface area contributed by atoms with Crippen LogP contribution in [0.2, 0.25) is 0 Å². The molecule has 2 amide bonds. The first-order chi connectivity index (χ1) is 10.2. The van der Waals surface area contributed by atoms with Crippen molar-refractivity contribution < 1.29 is 9.59 Å². The number of hydrogen-bond donors (Lipinski definition) is 1. The summed E-state index contributed by atoms with van der Waals surface area (Å²) in [7, 11) is 0. The van der Waals surface area contributed by atoms with Crippen LogP contribution in [0.1, 0.15) is 35.4 Å². The highest BCUT2D eigenvalue weighted by Crippen LogP contribution is 2.52. The number of benzene rings is 2. The monoisotopic (exact) mass is 277 g/mol. The second kappa shape index (κ2) is 4.29. The molecule has 0 saturated carbocycles. The molecule has 1 aliphatic heterocycles. The summed E-state index contributed by atoms with van der Waals surface area (Å²) in [5.41, 5.74) is 2.72. The summed E-state index contributed by atoms with van der Waals surface area (Å²) < 4.78 is 0. The third kappa shape index (κ3) is 1.67. The van der Waals surface area contributed by atoms with Gasteiger partial charge >= 0.3 is 0 Å². The van der Waals surface area contributed by atoms with E-state index >= 15 is 0 Å². The SMILES string of the molecule is O=C1C[C@@]2(C[C@@H](c3ccccc3)c3ccccc32)C(=O)N1. The number of carbonyl (C=O) groups excluding carboxylic acids is 2. The Bertz CT molecular complexity index is 738. The van der Waals surface area contributed by atoms with Crippen molar-refractivity contribution in [1.82, 2.24) is 5.32 Å². The van der Waals surface area contributed by atoms with E-state index in [-0.39, 0.29) is 24.2 Å². The van der Waals surface area contributed by atoms with Gasteiger partial charge in [-0.1, -0.05) is 54.6 Å². The molecule has 2 aliphatic rings. The van der Waals surface area contributed by atoms with Gasteiger partial charge in [0.15, 0.2) is 0 Å². The summed E-state index contributed by atoms with van der Waals surface area (Å²) in [6.07, 6.45) is 0.945. The maximum atomic E-state index is 12.4. The van der Waals surface area contributed by atoms with Crippen molar-refractivity contribution in [3.05, 3.63) is 71.3 Å². The second-order valence-electron chi connectivity index (χ2n) is 5.89. The first kappa shape index (κ1) is 12.3. The molecule has 1 spiro atoms. The molecule has 2 aromatic rings. The molecule has 4 rings (SSSR count). The molecule has 21 heavy (non-hydrogen) atoms. The first-order valence-electron chi connectivity index (χ1n) is 7.19. The van der Waals surface area contributed by atoms with Crippen molar-refractivity contribution in [2.45, 2.75) is 24.2 Å². The normalized spacial score (nSPS) is 27.0. The van der Waals surface area contributed by atoms with E-state index in [0.717, 1.165) is 5.56 Å². The summed E-state index contributed by atoms with van der Waals surface area (Å²) in [4.78, 5) is 24.2. The molecular formula is C18H15NO2. The predicted molar refractivity (Wildman–Crippen MR) is 78.8 cm³/mol. The Morgan fingerprint density at radius 2 is 1.67 bits per heavy atom. The fourth-order valence-electron chi connectivity index (χ4n) is 3.82. The zero-order chi connectivity index (χ0) is 14.4. The number of imide groups is 1. The molecule has 3 heteroatoms. The highest BCUT2D eigenvalue weighted by Gasteiger charge is 2.54. The van der Waals surface area contributed by atoms with Crippen molar-refractivity contribution >= 4 is 11.8 Å². The molecule has 2 aromatic carbocycles. The lowest BCUT2D eigenvalue weighted by atomic mass is 9.79. The zero-order valence-corrected chi connectivity index (χ0v) is 11.5. The van der Waals surface area contributed by atoms with Gasteiger partial charge in [0, 0.05) is 12.3 Å². The Hall–Kier alpha value is -2.42. The Morgan fingerprint density at radius 1 is 0.952 bits per heavy atom. The van der Waals surface area contributed by atoms with E-state index in [1.807, 2.05) is 36.4 Å². The maximum Gasteiger partial charge on any atom is 0.237 e. The number of hydrogen-bond acceptors (Lipinski definition) is 2. The molecule has 1 N–H and O–H groups in total. The average Bonchev–Trinajstić information content (AvgIpc) is 2.99. The second-order valence-corrected chi connectivity index (χ2v) is 5.89. The minimum atomic E-state index is -0.672. The Balaban J connectivity index is 1.88. The van der Waals surface area contributed by atoms with Crippen LogP contribution in [0.4, 0.5) is 0 Å². The summed E-state index contributed by atoms with van der Waals surface area (Å²) in [5.74, 6) is -0.124. The number of fused-ring (bicyclic) bond motifs is 2. The van der Waals surface area contributed by atoms with Crippen LogP contribution in [-0.4, -0.2) is 11.8 Å². The molecule has 0 radical (unpaired) electrons. The van der Waals surface area contributed by atoms with Crippen LogP contribution in [-0.2, 0) is 15.0 Å². The molecule has 3 nitrogen and oxygen atoms in total. The van der Waals surface area contributed by atoms with Crippen molar-refractivity contribution in [3.63, 3.8) is 0 Å². The minimum absolute atomic E-state index is 0.140. The fraction of sp³-hybridized carbons (Fsp3) is 0.222. The topological polar surface area (TPSA) is 46.2 Å². The molecule has 1 fully saturated rings. The fourth-order valence-corrected chi connectivity index (χ4v) is 3.82. The Kier molecular flexibility index (Phi) is 2.52. The molecule has 0 bridgehead atoms. The molecule has 0 aromatic heterocycles. The molecule has 1 heterocycles. The summed E-state index contributed by atoms with van der Waals surface area (Å²) in [5, 5.41) is 2.48. The third-order valence-corrected chi connectivity index (χ3v) is 4.76. The van der Waals surface area contributed by atoms with Gasteiger partial charge in [-0.2, -0.15) is 0 Å². The van der Waals surface area contributed by atoms with Gasteiger partial charge in [-0.05, 0) is 23.1 Å². The van der Waals surface area contributed by atoms with Gasteiger partial charge in [0.1, 0.15) is 0 Å².